The fourth-order valence-corrected chi connectivity index (χ4v) is 19.8. The van der Waals surface area contributed by atoms with Gasteiger partial charge in [-0.2, -0.15) is 0 Å². The fourth-order valence-electron chi connectivity index (χ4n) is 19.8. The van der Waals surface area contributed by atoms with Crippen LogP contribution in [0, 0.1) is 0 Å². The largest absolute Gasteiger partial charge is 0.309 e. The number of hydrogen-bond donors (Lipinski definition) is 0. The maximum atomic E-state index is 5.15. The summed E-state index contributed by atoms with van der Waals surface area (Å²) in [6.45, 7) is 0. The molecule has 27 rings (SSSR count). The third-order valence-corrected chi connectivity index (χ3v) is 25.5. The molecule has 0 unspecified atom stereocenters. The standard InChI is InChI=1S/2C40H25N3.C39H24N4/c1-3-11-26(12-4-1)33-25-34(42-40(41-33)29-13-5-2-6-14-29)31-23-24-35(32-18-8-7-17-30(31)32)43-36-19-9-15-27-21-22-28-16-10-20-37(43)39(28)38(27)36;1-3-11-26(12-4-1)33-25-34(27-13-5-2-6-14-27)42-40(41-33)32-23-24-35(31-18-8-7-17-30(31)32)43-36-19-9-15-28-21-22-29-16-10-20-37(43)39(29)38(28)36;1-3-11-27(12-4-1)37-40-38(28-13-5-2-6-14-28)42-39(41-37)31-23-24-32(30-18-8-7-17-29(30)31)43-33-19-9-15-25-21-22-26-16-10-20-34(43)36(26)35(25)33/h2*1-25H;1-24H. The van der Waals surface area contributed by atoms with E-state index in [0.29, 0.717) is 17.5 Å². The molecule has 6 heterocycles. The van der Waals surface area contributed by atoms with Crippen LogP contribution >= 0.6 is 0 Å². The van der Waals surface area contributed by atoms with Crippen molar-refractivity contribution >= 4 is 130 Å². The predicted octanol–water partition coefficient (Wildman–Crippen LogP) is 30.4. The summed E-state index contributed by atoms with van der Waals surface area (Å²) in [4.78, 5) is 35.4. The number of aromatic nitrogens is 10. The van der Waals surface area contributed by atoms with E-state index in [4.69, 9.17) is 34.9 Å². The molecule has 6 aromatic heterocycles. The Labute approximate surface area is 741 Å². The molecule has 0 amide bonds. The van der Waals surface area contributed by atoms with Crippen molar-refractivity contribution in [2.24, 2.45) is 0 Å². The molecular weight excluding hydrogens is 1570 g/mol. The minimum atomic E-state index is 0.657. The van der Waals surface area contributed by atoms with Gasteiger partial charge in [0.15, 0.2) is 29.1 Å². The molecule has 0 N–H and O–H groups in total. The third-order valence-electron chi connectivity index (χ3n) is 25.5. The van der Waals surface area contributed by atoms with Gasteiger partial charge in [0, 0.05) is 98.5 Å². The van der Waals surface area contributed by atoms with Crippen LogP contribution in [0.2, 0.25) is 0 Å². The van der Waals surface area contributed by atoms with E-state index in [2.05, 4.69) is 366 Å². The van der Waals surface area contributed by atoms with Gasteiger partial charge in [-0.15, -0.1) is 0 Å². The molecule has 0 bridgehead atoms. The number of nitrogens with zero attached hydrogens (tertiary/aromatic N) is 10. The van der Waals surface area contributed by atoms with E-state index < -0.39 is 0 Å². The Bertz CT molecular complexity index is 7780. The maximum absolute atomic E-state index is 5.15. The van der Waals surface area contributed by atoms with Gasteiger partial charge in [-0.3, -0.25) is 0 Å². The molecule has 0 saturated heterocycles. The Hall–Kier alpha value is -17.5. The zero-order valence-corrected chi connectivity index (χ0v) is 69.7. The molecule has 0 saturated carbocycles. The normalized spacial score (nSPS) is 11.7. The lowest BCUT2D eigenvalue weighted by Crippen LogP contribution is -2.01. The minimum absolute atomic E-state index is 0.657. The third kappa shape index (κ3) is 12.6. The van der Waals surface area contributed by atoms with Gasteiger partial charge < -0.3 is 13.7 Å². The number of rotatable bonds is 12. The van der Waals surface area contributed by atoms with Crippen molar-refractivity contribution in [2.45, 2.75) is 0 Å². The molecule has 600 valence electrons. The Morgan fingerprint density at radius 1 is 0.140 bits per heavy atom. The average molecular weight is 1640 g/mol. The Morgan fingerprint density at radius 2 is 0.357 bits per heavy atom. The predicted molar refractivity (Wildman–Crippen MR) is 534 cm³/mol. The molecule has 10 nitrogen and oxygen atoms in total. The Morgan fingerprint density at radius 3 is 0.659 bits per heavy atom. The van der Waals surface area contributed by atoms with E-state index in [1.54, 1.807) is 0 Å². The van der Waals surface area contributed by atoms with Crippen LogP contribution in [0.15, 0.2) is 449 Å². The topological polar surface area (TPSA) is 105 Å². The fraction of sp³-hybridized carbons (Fsp3) is 0. The summed E-state index contributed by atoms with van der Waals surface area (Å²) >= 11 is 0. The van der Waals surface area contributed by atoms with E-state index >= 15 is 0 Å². The summed E-state index contributed by atoms with van der Waals surface area (Å²) in [7, 11) is 0. The van der Waals surface area contributed by atoms with Crippen LogP contribution in [-0.4, -0.2) is 48.6 Å². The van der Waals surface area contributed by atoms with Crippen molar-refractivity contribution < 1.29 is 0 Å². The Kier molecular flexibility index (Phi) is 17.7. The number of benzene rings is 21. The highest BCUT2D eigenvalue weighted by molar-refractivity contribution is 6.28. The zero-order valence-electron chi connectivity index (χ0n) is 69.7. The van der Waals surface area contributed by atoms with Crippen molar-refractivity contribution in [1.82, 2.24) is 48.6 Å². The quantitative estimate of drug-likeness (QED) is 0.112. The molecule has 27 aromatic rings. The van der Waals surface area contributed by atoms with Crippen molar-refractivity contribution in [3.05, 3.63) is 449 Å². The van der Waals surface area contributed by atoms with Gasteiger partial charge >= 0.3 is 0 Å². The molecule has 0 fully saturated rings. The molecule has 0 aliphatic carbocycles. The molecule has 0 atom stereocenters. The highest BCUT2D eigenvalue weighted by Gasteiger charge is 2.26. The summed E-state index contributed by atoms with van der Waals surface area (Å²) in [6.07, 6.45) is 0. The highest BCUT2D eigenvalue weighted by Crippen LogP contribution is 2.47. The van der Waals surface area contributed by atoms with E-state index in [-0.39, 0.29) is 0 Å². The summed E-state index contributed by atoms with van der Waals surface area (Å²) in [5.74, 6) is 3.41. The van der Waals surface area contributed by atoms with E-state index in [1.807, 2.05) is 97.1 Å². The molecule has 0 aliphatic rings. The number of fused-ring (bicyclic) bond motifs is 3. The van der Waals surface area contributed by atoms with Crippen LogP contribution in [0.3, 0.4) is 0 Å². The second-order valence-corrected chi connectivity index (χ2v) is 32.9. The van der Waals surface area contributed by atoms with Gasteiger partial charge in [0.25, 0.3) is 0 Å². The highest BCUT2D eigenvalue weighted by atomic mass is 15.0. The first-order valence-electron chi connectivity index (χ1n) is 43.7. The molecule has 10 heteroatoms. The van der Waals surface area contributed by atoms with Crippen molar-refractivity contribution in [2.75, 3.05) is 0 Å². The Balaban J connectivity index is 0.000000105. The zero-order chi connectivity index (χ0) is 85.0. The summed E-state index contributed by atoms with van der Waals surface area (Å²) in [6, 6.07) is 158. The molecular formula is C119H74N10. The van der Waals surface area contributed by atoms with Gasteiger partial charge in [-0.05, 0) is 127 Å². The lowest BCUT2D eigenvalue weighted by Gasteiger charge is -2.15. The summed E-state index contributed by atoms with van der Waals surface area (Å²) < 4.78 is 7.27. The molecule has 0 spiro atoms. The van der Waals surface area contributed by atoms with Crippen LogP contribution in [0.1, 0.15) is 0 Å². The van der Waals surface area contributed by atoms with E-state index in [1.165, 1.54) is 103 Å². The van der Waals surface area contributed by atoms with Crippen molar-refractivity contribution in [3.63, 3.8) is 0 Å². The maximum Gasteiger partial charge on any atom is 0.164 e. The lowest BCUT2D eigenvalue weighted by atomic mass is 9.98. The summed E-state index contributed by atoms with van der Waals surface area (Å²) in [5, 5.41) is 22.3. The number of hydrogen-bond acceptors (Lipinski definition) is 7. The smallest absolute Gasteiger partial charge is 0.164 e. The summed E-state index contributed by atoms with van der Waals surface area (Å²) in [5.41, 5.74) is 23.6. The first-order valence-corrected chi connectivity index (χ1v) is 43.7. The van der Waals surface area contributed by atoms with Gasteiger partial charge in [0.1, 0.15) is 0 Å². The molecule has 21 aromatic carbocycles. The molecule has 0 aliphatic heterocycles. The van der Waals surface area contributed by atoms with Crippen molar-refractivity contribution in [3.8, 4) is 119 Å². The van der Waals surface area contributed by atoms with Gasteiger partial charge in [-0.1, -0.05) is 370 Å². The minimum Gasteiger partial charge on any atom is -0.309 e. The molecule has 0 radical (unpaired) electrons. The van der Waals surface area contributed by atoms with Crippen LogP contribution in [0.25, 0.3) is 249 Å². The second kappa shape index (κ2) is 30.8. The lowest BCUT2D eigenvalue weighted by molar-refractivity contribution is 1.08. The van der Waals surface area contributed by atoms with E-state index in [9.17, 15) is 0 Å². The average Bonchev–Trinajstić information content (AvgIpc) is 1.56. The van der Waals surface area contributed by atoms with Crippen LogP contribution in [0.5, 0.6) is 0 Å². The van der Waals surface area contributed by atoms with Gasteiger partial charge in [0.05, 0.1) is 72.9 Å². The van der Waals surface area contributed by atoms with Gasteiger partial charge in [0.2, 0.25) is 0 Å². The van der Waals surface area contributed by atoms with Crippen molar-refractivity contribution in [1.29, 1.82) is 0 Å². The first kappa shape index (κ1) is 74.2. The van der Waals surface area contributed by atoms with Crippen LogP contribution < -0.4 is 0 Å². The monoisotopic (exact) mass is 1640 g/mol. The van der Waals surface area contributed by atoms with Gasteiger partial charge in [-0.25, -0.2) is 34.9 Å². The van der Waals surface area contributed by atoms with Crippen LogP contribution in [-0.2, 0) is 0 Å². The van der Waals surface area contributed by atoms with Crippen LogP contribution in [0.4, 0.5) is 0 Å². The molecule has 129 heavy (non-hydrogen) atoms. The second-order valence-electron chi connectivity index (χ2n) is 32.9. The SMILES string of the molecule is c1ccc(-c2cc(-c3ccc(-n4c5cccc6ccc7cccc4c7c65)c4ccccc34)nc(-c3ccccc3)n2)cc1.c1ccc(-c2cc(-c3ccccc3)nc(-c3ccc(-n4c5cccc6ccc7cccc4c7c65)c4ccccc34)n2)cc1.c1ccc(-c2nc(-c3ccccc3)nc(-c3ccc(-n4c5cccc6ccc7cccc4c7c65)c4ccccc34)n2)cc1. The van der Waals surface area contributed by atoms with E-state index in [0.717, 1.165) is 128 Å². The first-order chi connectivity index (χ1) is 64.0.